The van der Waals surface area contributed by atoms with Gasteiger partial charge in [0.2, 0.25) is 0 Å². The fourth-order valence-electron chi connectivity index (χ4n) is 2.41. The number of benzene rings is 2. The van der Waals surface area contributed by atoms with Gasteiger partial charge in [-0.1, -0.05) is 53.5 Å². The van der Waals surface area contributed by atoms with E-state index >= 15 is 0 Å². The zero-order valence-electron chi connectivity index (χ0n) is 12.7. The summed E-state index contributed by atoms with van der Waals surface area (Å²) in [7, 11) is 0. The highest BCUT2D eigenvalue weighted by Crippen LogP contribution is 2.27. The molecular weight excluding hydrogens is 349 g/mol. The van der Waals surface area contributed by atoms with Crippen LogP contribution in [0.5, 0.6) is 0 Å². The Morgan fingerprint density at radius 3 is 2.54 bits per heavy atom. The summed E-state index contributed by atoms with van der Waals surface area (Å²) < 4.78 is 5.18. The van der Waals surface area contributed by atoms with Gasteiger partial charge < -0.3 is 9.73 Å². The number of nitrogens with one attached hydrogen (secondary N) is 1. The first-order valence-electron chi connectivity index (χ1n) is 7.24. The fourth-order valence-corrected chi connectivity index (χ4v) is 2.96. The van der Waals surface area contributed by atoms with Gasteiger partial charge in [0.05, 0.1) is 11.1 Å². The predicted molar refractivity (Wildman–Crippen MR) is 94.8 cm³/mol. The number of amides is 1. The van der Waals surface area contributed by atoms with E-state index in [1.165, 1.54) is 12.1 Å². The number of hydrogen-bond donors (Lipinski definition) is 1. The van der Waals surface area contributed by atoms with Crippen LogP contribution in [0.25, 0.3) is 11.0 Å². The van der Waals surface area contributed by atoms with Gasteiger partial charge in [0.1, 0.15) is 5.56 Å². The Morgan fingerprint density at radius 1 is 1.12 bits per heavy atom. The standard InChI is InChI=1S/C18H13Cl2NO3/c1-10(11-5-3-2-4-6-11)21-17(22)14-8-12-7-13(19)9-15(20)16(12)24-18(14)23/h2-10H,1H3,(H,21,22)/t10-/m1/s1. The van der Waals surface area contributed by atoms with Crippen molar-refractivity contribution in [3.63, 3.8) is 0 Å². The Kier molecular flexibility index (Phi) is 4.60. The summed E-state index contributed by atoms with van der Waals surface area (Å²) in [6.45, 7) is 1.84. The lowest BCUT2D eigenvalue weighted by Crippen LogP contribution is -2.30. The number of halogens is 2. The fraction of sp³-hybridized carbons (Fsp3) is 0.111. The molecule has 2 aromatic carbocycles. The van der Waals surface area contributed by atoms with Crippen LogP contribution < -0.4 is 10.9 Å². The minimum Gasteiger partial charge on any atom is -0.421 e. The van der Waals surface area contributed by atoms with Gasteiger partial charge >= 0.3 is 5.63 Å². The lowest BCUT2D eigenvalue weighted by atomic mass is 10.1. The third-order valence-corrected chi connectivity index (χ3v) is 4.14. The van der Waals surface area contributed by atoms with Gasteiger partial charge in [0.15, 0.2) is 5.58 Å². The van der Waals surface area contributed by atoms with Crippen LogP contribution in [0.4, 0.5) is 0 Å². The molecule has 0 fully saturated rings. The molecule has 3 rings (SSSR count). The van der Waals surface area contributed by atoms with E-state index in [0.717, 1.165) is 5.56 Å². The van der Waals surface area contributed by atoms with Crippen LogP contribution in [0, 0.1) is 0 Å². The van der Waals surface area contributed by atoms with Crippen molar-refractivity contribution in [3.05, 3.63) is 80.1 Å². The quantitative estimate of drug-likeness (QED) is 0.694. The van der Waals surface area contributed by atoms with Crippen molar-refractivity contribution in [2.75, 3.05) is 0 Å². The monoisotopic (exact) mass is 361 g/mol. The third-order valence-electron chi connectivity index (χ3n) is 3.64. The second-order valence-corrected chi connectivity index (χ2v) is 6.20. The van der Waals surface area contributed by atoms with Gasteiger partial charge in [-0.15, -0.1) is 0 Å². The first-order chi connectivity index (χ1) is 11.5. The van der Waals surface area contributed by atoms with E-state index in [2.05, 4.69) is 5.32 Å². The molecule has 122 valence electrons. The molecule has 3 aromatic rings. The van der Waals surface area contributed by atoms with Crippen molar-refractivity contribution in [3.8, 4) is 0 Å². The number of rotatable bonds is 3. The van der Waals surface area contributed by atoms with Gasteiger partial charge in [-0.25, -0.2) is 4.79 Å². The van der Waals surface area contributed by atoms with Gasteiger partial charge in [-0.3, -0.25) is 4.79 Å². The lowest BCUT2D eigenvalue weighted by molar-refractivity contribution is 0.0936. The van der Waals surface area contributed by atoms with E-state index < -0.39 is 11.5 Å². The zero-order chi connectivity index (χ0) is 17.3. The Labute approximate surface area is 148 Å². The second-order valence-electron chi connectivity index (χ2n) is 5.36. The van der Waals surface area contributed by atoms with E-state index in [0.29, 0.717) is 10.4 Å². The molecule has 0 bridgehead atoms. The summed E-state index contributed by atoms with van der Waals surface area (Å²) in [6.07, 6.45) is 0. The van der Waals surface area contributed by atoms with Gasteiger partial charge in [-0.2, -0.15) is 0 Å². The number of carbonyl (C=O) groups excluding carboxylic acids is 1. The molecule has 4 nitrogen and oxygen atoms in total. The van der Waals surface area contributed by atoms with Gasteiger partial charge in [-0.05, 0) is 30.7 Å². The SMILES string of the molecule is C[C@@H](NC(=O)c1cc2cc(Cl)cc(Cl)c2oc1=O)c1ccccc1. The third kappa shape index (κ3) is 3.30. The molecule has 0 aliphatic rings. The van der Waals surface area contributed by atoms with E-state index in [1.807, 2.05) is 37.3 Å². The molecule has 1 amide bonds. The topological polar surface area (TPSA) is 59.3 Å². The molecule has 1 atom stereocenters. The summed E-state index contributed by atoms with van der Waals surface area (Å²) in [5.74, 6) is -0.516. The molecule has 6 heteroatoms. The molecule has 0 saturated carbocycles. The Bertz CT molecular complexity index is 967. The minimum atomic E-state index is -0.746. The molecule has 0 spiro atoms. The maximum atomic E-state index is 12.4. The van der Waals surface area contributed by atoms with Crippen LogP contribution in [-0.4, -0.2) is 5.91 Å². The summed E-state index contributed by atoms with van der Waals surface area (Å²) in [5, 5.41) is 3.89. The van der Waals surface area contributed by atoms with Crippen LogP contribution in [-0.2, 0) is 0 Å². The van der Waals surface area contributed by atoms with Crippen LogP contribution in [0.3, 0.4) is 0 Å². The average Bonchev–Trinajstić information content (AvgIpc) is 2.55. The van der Waals surface area contributed by atoms with Gasteiger partial charge in [0.25, 0.3) is 5.91 Å². The normalized spacial score (nSPS) is 12.1. The van der Waals surface area contributed by atoms with Crippen molar-refractivity contribution in [2.24, 2.45) is 0 Å². The molecule has 1 aromatic heterocycles. The average molecular weight is 362 g/mol. The minimum absolute atomic E-state index is 0.0939. The number of carbonyl (C=O) groups is 1. The van der Waals surface area contributed by atoms with Gasteiger partial charge in [0, 0.05) is 10.4 Å². The second kappa shape index (κ2) is 6.67. The number of hydrogen-bond acceptors (Lipinski definition) is 3. The summed E-state index contributed by atoms with van der Waals surface area (Å²) in [4.78, 5) is 24.5. The first-order valence-corrected chi connectivity index (χ1v) is 8.00. The van der Waals surface area contributed by atoms with Crippen LogP contribution in [0.1, 0.15) is 28.9 Å². The van der Waals surface area contributed by atoms with Crippen LogP contribution in [0.2, 0.25) is 10.0 Å². The molecule has 1 heterocycles. The first kappa shape index (κ1) is 16.6. The number of fused-ring (bicyclic) bond motifs is 1. The predicted octanol–water partition coefficient (Wildman–Crippen LogP) is 4.59. The molecule has 0 aliphatic carbocycles. The Morgan fingerprint density at radius 2 is 1.83 bits per heavy atom. The van der Waals surface area contributed by atoms with Crippen molar-refractivity contribution in [1.29, 1.82) is 0 Å². The highest BCUT2D eigenvalue weighted by atomic mass is 35.5. The smallest absolute Gasteiger partial charge is 0.349 e. The van der Waals surface area contributed by atoms with E-state index in [4.69, 9.17) is 27.6 Å². The van der Waals surface area contributed by atoms with Crippen molar-refractivity contribution in [1.82, 2.24) is 5.32 Å². The Balaban J connectivity index is 1.95. The molecular formula is C18H13Cl2NO3. The van der Waals surface area contributed by atoms with Crippen molar-refractivity contribution >= 4 is 40.1 Å². The maximum absolute atomic E-state index is 12.4. The molecule has 0 aliphatic heterocycles. The highest BCUT2D eigenvalue weighted by molar-refractivity contribution is 6.38. The lowest BCUT2D eigenvalue weighted by Gasteiger charge is -2.14. The molecule has 0 unspecified atom stereocenters. The van der Waals surface area contributed by atoms with Crippen molar-refractivity contribution in [2.45, 2.75) is 13.0 Å². The van der Waals surface area contributed by atoms with E-state index in [1.54, 1.807) is 6.07 Å². The highest BCUT2D eigenvalue weighted by Gasteiger charge is 2.17. The maximum Gasteiger partial charge on any atom is 0.349 e. The summed E-state index contributed by atoms with van der Waals surface area (Å²) in [5.41, 5.74) is 0.300. The van der Waals surface area contributed by atoms with E-state index in [9.17, 15) is 9.59 Å². The molecule has 1 N–H and O–H groups in total. The molecule has 0 saturated heterocycles. The van der Waals surface area contributed by atoms with E-state index in [-0.39, 0.29) is 22.2 Å². The van der Waals surface area contributed by atoms with Crippen molar-refractivity contribution < 1.29 is 9.21 Å². The van der Waals surface area contributed by atoms with Crippen LogP contribution >= 0.6 is 23.2 Å². The summed E-state index contributed by atoms with van der Waals surface area (Å²) >= 11 is 12.0. The van der Waals surface area contributed by atoms with Crippen LogP contribution in [0.15, 0.2) is 57.7 Å². The Hall–Kier alpha value is -2.30. The zero-order valence-corrected chi connectivity index (χ0v) is 14.2. The molecule has 0 radical (unpaired) electrons. The summed E-state index contributed by atoms with van der Waals surface area (Å²) in [6, 6.07) is 13.7. The largest absolute Gasteiger partial charge is 0.421 e. The molecule has 24 heavy (non-hydrogen) atoms.